The van der Waals surface area contributed by atoms with Gasteiger partial charge in [-0.05, 0) is 26.2 Å². The van der Waals surface area contributed by atoms with Crippen LogP contribution in [-0.4, -0.2) is 66.9 Å². The van der Waals surface area contributed by atoms with E-state index in [1.54, 1.807) is 11.9 Å². The second-order valence-electron chi connectivity index (χ2n) is 6.87. The lowest BCUT2D eigenvalue weighted by Crippen LogP contribution is -2.44. The summed E-state index contributed by atoms with van der Waals surface area (Å²) in [6.45, 7) is 6.92. The van der Waals surface area contributed by atoms with Crippen molar-refractivity contribution in [3.05, 3.63) is 17.5 Å². The molecule has 0 spiro atoms. The summed E-state index contributed by atoms with van der Waals surface area (Å²) in [5.41, 5.74) is 0.816. The zero-order valence-corrected chi connectivity index (χ0v) is 14.7. The molecule has 2 aliphatic rings. The second-order valence-corrected chi connectivity index (χ2v) is 6.87. The van der Waals surface area contributed by atoms with E-state index in [2.05, 4.69) is 22.3 Å². The Hall–Kier alpha value is -1.60. The fourth-order valence-electron chi connectivity index (χ4n) is 3.00. The van der Waals surface area contributed by atoms with E-state index in [1.165, 1.54) is 12.8 Å². The Morgan fingerprint density at radius 2 is 2.21 bits per heavy atom. The average molecular weight is 336 g/mol. The summed E-state index contributed by atoms with van der Waals surface area (Å²) < 4.78 is 10.7. The van der Waals surface area contributed by atoms with Crippen LogP contribution in [0, 0.1) is 0 Å². The topological polar surface area (TPSA) is 70.8 Å². The number of urea groups is 1. The summed E-state index contributed by atoms with van der Waals surface area (Å²) in [6, 6.07) is 2.36. The first kappa shape index (κ1) is 17.2. The van der Waals surface area contributed by atoms with Gasteiger partial charge in [0.25, 0.3) is 0 Å². The highest BCUT2D eigenvalue weighted by molar-refractivity contribution is 5.73. The third-order valence-electron chi connectivity index (χ3n) is 4.81. The first-order valence-electron chi connectivity index (χ1n) is 8.89. The van der Waals surface area contributed by atoms with Crippen LogP contribution >= 0.6 is 0 Å². The highest BCUT2D eigenvalue weighted by Crippen LogP contribution is 2.40. The maximum absolute atomic E-state index is 12.2. The Morgan fingerprint density at radius 1 is 1.46 bits per heavy atom. The van der Waals surface area contributed by atoms with E-state index >= 15 is 0 Å². The number of carbonyl (C=O) groups is 1. The van der Waals surface area contributed by atoms with Crippen LogP contribution in [0.25, 0.3) is 0 Å². The van der Waals surface area contributed by atoms with Crippen LogP contribution in [0.3, 0.4) is 0 Å². The van der Waals surface area contributed by atoms with Gasteiger partial charge in [-0.1, -0.05) is 5.16 Å². The average Bonchev–Trinajstić information content (AvgIpc) is 3.35. The molecule has 2 amide bonds. The molecule has 1 aliphatic heterocycles. The molecule has 0 unspecified atom stereocenters. The molecule has 1 saturated carbocycles. The van der Waals surface area contributed by atoms with Gasteiger partial charge in [-0.3, -0.25) is 4.90 Å². The van der Waals surface area contributed by atoms with Crippen LogP contribution < -0.4 is 5.32 Å². The van der Waals surface area contributed by atoms with E-state index in [0.717, 1.165) is 44.2 Å². The quantitative estimate of drug-likeness (QED) is 0.822. The summed E-state index contributed by atoms with van der Waals surface area (Å²) in [7, 11) is 1.78. The second kappa shape index (κ2) is 7.98. The van der Waals surface area contributed by atoms with E-state index in [1.807, 2.05) is 6.07 Å². The number of nitrogens with one attached hydrogen (secondary N) is 1. The SMILES string of the molecule is C[C@H](CCNC(=O)N(C)Cc1cc(C2CC2)on1)N1CCOCC1. The smallest absolute Gasteiger partial charge is 0.317 e. The van der Waals surface area contributed by atoms with Crippen molar-refractivity contribution in [3.63, 3.8) is 0 Å². The summed E-state index contributed by atoms with van der Waals surface area (Å²) in [5, 5.41) is 7.04. The minimum Gasteiger partial charge on any atom is -0.379 e. The predicted molar refractivity (Wildman–Crippen MR) is 89.8 cm³/mol. The number of aromatic nitrogens is 1. The molecule has 2 heterocycles. The molecule has 0 bridgehead atoms. The number of amides is 2. The lowest BCUT2D eigenvalue weighted by Gasteiger charge is -2.32. The van der Waals surface area contributed by atoms with Gasteiger partial charge in [0.2, 0.25) is 0 Å². The summed E-state index contributed by atoms with van der Waals surface area (Å²) in [5.74, 6) is 1.50. The monoisotopic (exact) mass is 336 g/mol. The maximum Gasteiger partial charge on any atom is 0.317 e. The Morgan fingerprint density at radius 3 is 2.92 bits per heavy atom. The molecule has 7 nitrogen and oxygen atoms in total. The van der Waals surface area contributed by atoms with Gasteiger partial charge in [-0.25, -0.2) is 4.79 Å². The molecule has 3 rings (SSSR count). The highest BCUT2D eigenvalue weighted by Gasteiger charge is 2.28. The van der Waals surface area contributed by atoms with Gasteiger partial charge in [0.1, 0.15) is 11.5 Å². The van der Waals surface area contributed by atoms with Crippen LogP contribution in [0.15, 0.2) is 10.6 Å². The van der Waals surface area contributed by atoms with Gasteiger partial charge in [0, 0.05) is 44.7 Å². The molecule has 1 aliphatic carbocycles. The van der Waals surface area contributed by atoms with Gasteiger partial charge >= 0.3 is 6.03 Å². The lowest BCUT2D eigenvalue weighted by atomic mass is 10.2. The Kier molecular flexibility index (Phi) is 5.73. The number of hydrogen-bond acceptors (Lipinski definition) is 5. The zero-order chi connectivity index (χ0) is 16.9. The third kappa shape index (κ3) is 4.70. The molecular weight excluding hydrogens is 308 g/mol. The van der Waals surface area contributed by atoms with Crippen LogP contribution in [0.2, 0.25) is 0 Å². The molecule has 134 valence electrons. The minimum absolute atomic E-state index is 0.0693. The van der Waals surface area contributed by atoms with Gasteiger partial charge in [-0.15, -0.1) is 0 Å². The van der Waals surface area contributed by atoms with Crippen LogP contribution in [0.1, 0.15) is 43.6 Å². The number of rotatable bonds is 7. The first-order chi connectivity index (χ1) is 11.6. The van der Waals surface area contributed by atoms with Crippen LogP contribution in [0.5, 0.6) is 0 Å². The highest BCUT2D eigenvalue weighted by atomic mass is 16.5. The molecule has 1 saturated heterocycles. The number of nitrogens with zero attached hydrogens (tertiary/aromatic N) is 3. The van der Waals surface area contributed by atoms with Crippen molar-refractivity contribution in [2.75, 3.05) is 39.9 Å². The summed E-state index contributed by atoms with van der Waals surface area (Å²) in [4.78, 5) is 16.2. The lowest BCUT2D eigenvalue weighted by molar-refractivity contribution is 0.0188. The fourth-order valence-corrected chi connectivity index (χ4v) is 3.00. The minimum atomic E-state index is -0.0693. The largest absolute Gasteiger partial charge is 0.379 e. The number of carbonyl (C=O) groups excluding carboxylic acids is 1. The van der Waals surface area contributed by atoms with Gasteiger partial charge < -0.3 is 19.5 Å². The Labute approximate surface area is 143 Å². The Bertz CT molecular complexity index is 538. The van der Waals surface area contributed by atoms with Crippen molar-refractivity contribution in [1.82, 2.24) is 20.3 Å². The van der Waals surface area contributed by atoms with Crippen LogP contribution in [-0.2, 0) is 11.3 Å². The van der Waals surface area contributed by atoms with Gasteiger partial charge in [-0.2, -0.15) is 0 Å². The van der Waals surface area contributed by atoms with Gasteiger partial charge in [0.05, 0.1) is 19.8 Å². The molecule has 24 heavy (non-hydrogen) atoms. The van der Waals surface area contributed by atoms with Crippen molar-refractivity contribution in [1.29, 1.82) is 0 Å². The van der Waals surface area contributed by atoms with Crippen molar-refractivity contribution in [3.8, 4) is 0 Å². The standard InChI is InChI=1S/C17H28N4O3/c1-13(21-7-9-23-10-8-21)5-6-18-17(22)20(2)12-15-11-16(24-19-15)14-3-4-14/h11,13-14H,3-10,12H2,1-2H3,(H,18,22)/t13-/m1/s1. The van der Waals surface area contributed by atoms with Crippen molar-refractivity contribution >= 4 is 6.03 Å². The normalized spacial score (nSPS) is 19.9. The zero-order valence-electron chi connectivity index (χ0n) is 14.7. The number of hydrogen-bond donors (Lipinski definition) is 1. The Balaban J connectivity index is 1.35. The third-order valence-corrected chi connectivity index (χ3v) is 4.81. The summed E-state index contributed by atoms with van der Waals surface area (Å²) in [6.07, 6.45) is 3.31. The molecule has 0 aromatic carbocycles. The molecule has 2 fully saturated rings. The van der Waals surface area contributed by atoms with Gasteiger partial charge in [0.15, 0.2) is 0 Å². The predicted octanol–water partition coefficient (Wildman–Crippen LogP) is 1.80. The number of morpholine rings is 1. The number of ether oxygens (including phenoxy) is 1. The van der Waals surface area contributed by atoms with Crippen molar-refractivity contribution in [2.24, 2.45) is 0 Å². The van der Waals surface area contributed by atoms with E-state index in [-0.39, 0.29) is 6.03 Å². The summed E-state index contributed by atoms with van der Waals surface area (Å²) >= 11 is 0. The van der Waals surface area contributed by atoms with Crippen molar-refractivity contribution < 1.29 is 14.1 Å². The molecule has 7 heteroatoms. The van der Waals surface area contributed by atoms with E-state index in [9.17, 15) is 4.79 Å². The first-order valence-corrected chi connectivity index (χ1v) is 8.89. The van der Waals surface area contributed by atoms with E-state index < -0.39 is 0 Å². The maximum atomic E-state index is 12.2. The van der Waals surface area contributed by atoms with Crippen molar-refractivity contribution in [2.45, 2.75) is 44.7 Å². The molecule has 1 N–H and O–H groups in total. The van der Waals surface area contributed by atoms with E-state index in [0.29, 0.717) is 25.0 Å². The fraction of sp³-hybridized carbons (Fsp3) is 0.765. The molecule has 0 radical (unpaired) electrons. The molecule has 1 aromatic heterocycles. The molecular formula is C17H28N4O3. The molecule has 1 aromatic rings. The van der Waals surface area contributed by atoms with E-state index in [4.69, 9.17) is 9.26 Å². The molecule has 1 atom stereocenters. The van der Waals surface area contributed by atoms with Crippen LogP contribution in [0.4, 0.5) is 4.79 Å².